The highest BCUT2D eigenvalue weighted by atomic mass is 35.5. The average Bonchev–Trinajstić information content (AvgIpc) is 2.67. The van der Waals surface area contributed by atoms with Gasteiger partial charge < -0.3 is 14.9 Å². The molecule has 1 fully saturated rings. The first-order chi connectivity index (χ1) is 4.77. The van der Waals surface area contributed by atoms with Crippen molar-refractivity contribution in [3.05, 3.63) is 0 Å². The summed E-state index contributed by atoms with van der Waals surface area (Å²) in [5.74, 6) is 0.234. The molecule has 0 aromatic heterocycles. The second-order valence-electron chi connectivity index (χ2n) is 2.44. The number of ether oxygens (including phenoxy) is 1. The van der Waals surface area contributed by atoms with Crippen LogP contribution in [0.15, 0.2) is 0 Å². The maximum absolute atomic E-state index is 8.99. The lowest BCUT2D eigenvalue weighted by Gasteiger charge is -2.01. The summed E-state index contributed by atoms with van der Waals surface area (Å²) in [7, 11) is 0. The lowest BCUT2D eigenvalue weighted by molar-refractivity contribution is 0.173. The molecular weight excluding hydrogens is 156 g/mol. The number of aliphatic hydroxyl groups is 2. The molecule has 10 heavy (non-hydrogen) atoms. The first-order valence-electron chi connectivity index (χ1n) is 3.28. The zero-order valence-electron chi connectivity index (χ0n) is 5.53. The van der Waals surface area contributed by atoms with E-state index in [-0.39, 0.29) is 24.7 Å². The fraction of sp³-hybridized carbons (Fsp3) is 1.00. The van der Waals surface area contributed by atoms with E-state index in [4.69, 9.17) is 26.6 Å². The molecule has 0 bridgehead atoms. The quantitative estimate of drug-likeness (QED) is 0.447. The van der Waals surface area contributed by atoms with Crippen molar-refractivity contribution in [1.82, 2.24) is 0 Å². The van der Waals surface area contributed by atoms with Gasteiger partial charge >= 0.3 is 0 Å². The summed E-state index contributed by atoms with van der Waals surface area (Å²) >= 11 is 5.35. The molecule has 1 aliphatic heterocycles. The monoisotopic (exact) mass is 166 g/mol. The molecular formula is C6H11ClO3. The van der Waals surface area contributed by atoms with Crippen molar-refractivity contribution in [2.75, 3.05) is 12.5 Å². The Hall–Kier alpha value is 0.170. The van der Waals surface area contributed by atoms with Crippen molar-refractivity contribution < 1.29 is 14.9 Å². The maximum atomic E-state index is 8.99. The van der Waals surface area contributed by atoms with E-state index in [1.54, 1.807) is 0 Å². The molecule has 1 heterocycles. The predicted octanol–water partition coefficient (Wildman–Crippen LogP) is -0.264. The smallest absolute Gasteiger partial charge is 0.107 e. The minimum absolute atomic E-state index is 0.0266. The number of alkyl halides is 1. The van der Waals surface area contributed by atoms with Crippen LogP contribution in [0.25, 0.3) is 0 Å². The maximum Gasteiger partial charge on any atom is 0.107 e. The summed E-state index contributed by atoms with van der Waals surface area (Å²) in [6.45, 7) is 0.0413. The van der Waals surface area contributed by atoms with Gasteiger partial charge in [0.25, 0.3) is 0 Å². The largest absolute Gasteiger partial charge is 0.394 e. The van der Waals surface area contributed by atoms with Gasteiger partial charge in [0.2, 0.25) is 0 Å². The number of hydrogen-bond donors (Lipinski definition) is 2. The Kier molecular flexibility index (Phi) is 2.92. The second kappa shape index (κ2) is 3.53. The fourth-order valence-corrected chi connectivity index (χ4v) is 1.00. The van der Waals surface area contributed by atoms with Crippen molar-refractivity contribution in [3.8, 4) is 0 Å². The SMILES string of the molecule is OCC1OC1CC(O)CCl. The normalized spacial score (nSPS) is 33.9. The van der Waals surface area contributed by atoms with Crippen LogP contribution >= 0.6 is 11.6 Å². The van der Waals surface area contributed by atoms with E-state index in [0.29, 0.717) is 6.42 Å². The summed E-state index contributed by atoms with van der Waals surface area (Å²) < 4.78 is 4.97. The third-order valence-corrected chi connectivity index (χ3v) is 1.91. The molecule has 0 radical (unpaired) electrons. The number of aliphatic hydroxyl groups excluding tert-OH is 2. The predicted molar refractivity (Wildman–Crippen MR) is 37.1 cm³/mol. The zero-order valence-corrected chi connectivity index (χ0v) is 6.29. The van der Waals surface area contributed by atoms with Gasteiger partial charge in [-0.2, -0.15) is 0 Å². The van der Waals surface area contributed by atoms with Gasteiger partial charge in [0.1, 0.15) is 6.10 Å². The molecule has 3 atom stereocenters. The molecule has 3 nitrogen and oxygen atoms in total. The third-order valence-electron chi connectivity index (χ3n) is 1.55. The van der Waals surface area contributed by atoms with Crippen LogP contribution in [0.2, 0.25) is 0 Å². The van der Waals surface area contributed by atoms with Crippen molar-refractivity contribution in [3.63, 3.8) is 0 Å². The van der Waals surface area contributed by atoms with Crippen LogP contribution < -0.4 is 0 Å². The van der Waals surface area contributed by atoms with Gasteiger partial charge in [-0.1, -0.05) is 0 Å². The molecule has 3 unspecified atom stereocenters. The number of epoxide rings is 1. The van der Waals surface area contributed by atoms with Gasteiger partial charge in [-0.3, -0.25) is 0 Å². The average molecular weight is 167 g/mol. The lowest BCUT2D eigenvalue weighted by atomic mass is 10.2. The number of rotatable bonds is 4. The molecule has 60 valence electrons. The van der Waals surface area contributed by atoms with Gasteiger partial charge in [-0.25, -0.2) is 0 Å². The summed E-state index contributed by atoms with van der Waals surface area (Å²) in [6.07, 6.45) is 0.00850. The van der Waals surface area contributed by atoms with Crippen LogP contribution in [0.1, 0.15) is 6.42 Å². The molecule has 1 rings (SSSR count). The molecule has 2 N–H and O–H groups in total. The van der Waals surface area contributed by atoms with Crippen molar-refractivity contribution in [2.24, 2.45) is 0 Å². The van der Waals surface area contributed by atoms with Crippen molar-refractivity contribution in [1.29, 1.82) is 0 Å². The minimum Gasteiger partial charge on any atom is -0.394 e. The van der Waals surface area contributed by atoms with Gasteiger partial charge in [0, 0.05) is 12.3 Å². The topological polar surface area (TPSA) is 53.0 Å². The van der Waals surface area contributed by atoms with Crippen LogP contribution in [-0.4, -0.2) is 41.0 Å². The number of halogens is 1. The molecule has 0 amide bonds. The third kappa shape index (κ3) is 2.09. The Labute approximate surface area is 64.6 Å². The molecule has 1 aliphatic rings. The minimum atomic E-state index is -0.497. The second-order valence-corrected chi connectivity index (χ2v) is 2.75. The Bertz CT molecular complexity index is 109. The van der Waals surface area contributed by atoms with Gasteiger partial charge in [-0.15, -0.1) is 11.6 Å². The standard InChI is InChI=1S/C6H11ClO3/c7-2-4(9)1-5-6(3-8)10-5/h4-6,8-9H,1-3H2. The van der Waals surface area contributed by atoms with E-state index in [1.165, 1.54) is 0 Å². The molecule has 4 heteroatoms. The van der Waals surface area contributed by atoms with Gasteiger partial charge in [-0.05, 0) is 0 Å². The molecule has 0 saturated carbocycles. The van der Waals surface area contributed by atoms with Crippen LogP contribution in [-0.2, 0) is 4.74 Å². The summed E-state index contributed by atoms with van der Waals surface area (Å²) in [4.78, 5) is 0. The summed E-state index contributed by atoms with van der Waals surface area (Å²) in [5, 5.41) is 17.5. The van der Waals surface area contributed by atoms with Gasteiger partial charge in [0.15, 0.2) is 0 Å². The van der Waals surface area contributed by atoms with Gasteiger partial charge in [0.05, 0.1) is 18.8 Å². The molecule has 0 aliphatic carbocycles. The highest BCUT2D eigenvalue weighted by Crippen LogP contribution is 2.25. The lowest BCUT2D eigenvalue weighted by Crippen LogP contribution is -2.13. The first-order valence-corrected chi connectivity index (χ1v) is 3.81. The van der Waals surface area contributed by atoms with E-state index >= 15 is 0 Å². The van der Waals surface area contributed by atoms with Crippen molar-refractivity contribution >= 4 is 11.6 Å². The molecule has 1 saturated heterocycles. The van der Waals surface area contributed by atoms with E-state index in [1.807, 2.05) is 0 Å². The molecule has 0 aromatic rings. The molecule has 0 aromatic carbocycles. The first kappa shape index (κ1) is 8.27. The summed E-state index contributed by atoms with van der Waals surface area (Å²) in [5.41, 5.74) is 0. The van der Waals surface area contributed by atoms with Crippen LogP contribution in [0.3, 0.4) is 0 Å². The Morgan fingerprint density at radius 1 is 1.50 bits per heavy atom. The highest BCUT2D eigenvalue weighted by molar-refractivity contribution is 6.18. The summed E-state index contributed by atoms with van der Waals surface area (Å²) in [6, 6.07) is 0. The number of hydrogen-bond acceptors (Lipinski definition) is 3. The van der Waals surface area contributed by atoms with E-state index in [2.05, 4.69) is 0 Å². The zero-order chi connectivity index (χ0) is 7.56. The Balaban J connectivity index is 2.05. The van der Waals surface area contributed by atoms with Crippen molar-refractivity contribution in [2.45, 2.75) is 24.7 Å². The van der Waals surface area contributed by atoms with E-state index in [9.17, 15) is 0 Å². The Morgan fingerprint density at radius 2 is 2.20 bits per heavy atom. The fourth-order valence-electron chi connectivity index (χ4n) is 0.878. The van der Waals surface area contributed by atoms with E-state index in [0.717, 1.165) is 0 Å². The molecule has 0 spiro atoms. The van der Waals surface area contributed by atoms with Crippen LogP contribution in [0.4, 0.5) is 0 Å². The van der Waals surface area contributed by atoms with Crippen LogP contribution in [0.5, 0.6) is 0 Å². The highest BCUT2D eigenvalue weighted by Gasteiger charge is 2.38. The Morgan fingerprint density at radius 3 is 2.60 bits per heavy atom. The van der Waals surface area contributed by atoms with E-state index < -0.39 is 6.10 Å². The van der Waals surface area contributed by atoms with Crippen LogP contribution in [0, 0.1) is 0 Å².